The second kappa shape index (κ2) is 5.25. The van der Waals surface area contributed by atoms with Gasteiger partial charge >= 0.3 is 0 Å². The molecule has 0 aliphatic carbocycles. The topological polar surface area (TPSA) is 20.2 Å². The molecule has 1 heterocycles. The number of benzene rings is 2. The van der Waals surface area contributed by atoms with Gasteiger partial charge in [-0.05, 0) is 50.5 Å². The van der Waals surface area contributed by atoms with Crippen LogP contribution < -0.4 is 0 Å². The Hall–Kier alpha value is -0.870. The van der Waals surface area contributed by atoms with Crippen LogP contribution in [0.5, 0.6) is 0 Å². The Balaban J connectivity index is 2.08. The van der Waals surface area contributed by atoms with Gasteiger partial charge in [-0.25, -0.2) is 0 Å². The molecular formula is C15H10BrClOS. The molecule has 3 rings (SSSR count). The van der Waals surface area contributed by atoms with Crippen molar-refractivity contribution in [2.75, 3.05) is 0 Å². The minimum atomic E-state index is -0.651. The lowest BCUT2D eigenvalue weighted by Crippen LogP contribution is -1.98. The molecule has 0 spiro atoms. The van der Waals surface area contributed by atoms with E-state index in [2.05, 4.69) is 22.0 Å². The van der Waals surface area contributed by atoms with Crippen molar-refractivity contribution in [1.29, 1.82) is 0 Å². The number of hydrogen-bond donors (Lipinski definition) is 1. The Morgan fingerprint density at radius 3 is 2.74 bits per heavy atom. The molecule has 0 amide bonds. The molecule has 0 bridgehead atoms. The van der Waals surface area contributed by atoms with Crippen molar-refractivity contribution in [3.8, 4) is 0 Å². The molecule has 1 nitrogen and oxygen atoms in total. The van der Waals surface area contributed by atoms with Gasteiger partial charge in [0, 0.05) is 14.7 Å². The lowest BCUT2D eigenvalue weighted by molar-refractivity contribution is 0.222. The SMILES string of the molecule is OC(c1ccc(Br)c(Cl)c1)c1csc2ccccc12. The Kier molecular flexibility index (Phi) is 3.63. The molecule has 0 aliphatic heterocycles. The van der Waals surface area contributed by atoms with Crippen LogP contribution in [0, 0.1) is 0 Å². The number of thiophene rings is 1. The summed E-state index contributed by atoms with van der Waals surface area (Å²) in [5, 5.41) is 14.2. The summed E-state index contributed by atoms with van der Waals surface area (Å²) < 4.78 is 2.01. The molecule has 0 fully saturated rings. The smallest absolute Gasteiger partial charge is 0.106 e. The average molecular weight is 354 g/mol. The van der Waals surface area contributed by atoms with E-state index in [0.717, 1.165) is 21.0 Å². The van der Waals surface area contributed by atoms with Gasteiger partial charge in [-0.1, -0.05) is 35.9 Å². The first kappa shape index (κ1) is 13.1. The van der Waals surface area contributed by atoms with Crippen molar-refractivity contribution in [1.82, 2.24) is 0 Å². The molecule has 0 saturated carbocycles. The zero-order valence-electron chi connectivity index (χ0n) is 9.81. The van der Waals surface area contributed by atoms with Gasteiger partial charge in [-0.15, -0.1) is 11.3 Å². The van der Waals surface area contributed by atoms with Gasteiger partial charge in [0.2, 0.25) is 0 Å². The van der Waals surface area contributed by atoms with Crippen LogP contribution in [0.25, 0.3) is 10.1 Å². The normalized spacial score (nSPS) is 12.8. The summed E-state index contributed by atoms with van der Waals surface area (Å²) in [7, 11) is 0. The van der Waals surface area contributed by atoms with Crippen molar-refractivity contribution >= 4 is 49.0 Å². The Labute approximate surface area is 128 Å². The van der Waals surface area contributed by atoms with E-state index in [0.29, 0.717) is 5.02 Å². The fourth-order valence-corrected chi connectivity index (χ4v) is 3.49. The van der Waals surface area contributed by atoms with Crippen molar-refractivity contribution < 1.29 is 5.11 Å². The Bertz CT molecular complexity index is 738. The summed E-state index contributed by atoms with van der Waals surface area (Å²) in [6.07, 6.45) is -0.651. The average Bonchev–Trinajstić information content (AvgIpc) is 2.85. The van der Waals surface area contributed by atoms with Crippen molar-refractivity contribution in [2.45, 2.75) is 6.10 Å². The highest BCUT2D eigenvalue weighted by atomic mass is 79.9. The van der Waals surface area contributed by atoms with Crippen LogP contribution in [-0.4, -0.2) is 5.11 Å². The zero-order chi connectivity index (χ0) is 13.4. The van der Waals surface area contributed by atoms with Gasteiger partial charge in [0.05, 0.1) is 5.02 Å². The molecule has 1 N–H and O–H groups in total. The van der Waals surface area contributed by atoms with E-state index < -0.39 is 6.10 Å². The third kappa shape index (κ3) is 2.43. The van der Waals surface area contributed by atoms with Crippen LogP contribution >= 0.6 is 38.9 Å². The fraction of sp³-hybridized carbons (Fsp3) is 0.0667. The molecular weight excluding hydrogens is 344 g/mol. The first-order valence-corrected chi connectivity index (χ1v) is 7.81. The highest BCUT2D eigenvalue weighted by Crippen LogP contribution is 2.35. The minimum absolute atomic E-state index is 0.607. The summed E-state index contributed by atoms with van der Waals surface area (Å²) in [5.41, 5.74) is 1.73. The van der Waals surface area contributed by atoms with Gasteiger partial charge in [0.1, 0.15) is 6.10 Å². The minimum Gasteiger partial charge on any atom is -0.384 e. The maximum absolute atomic E-state index is 10.5. The second-order valence-corrected chi connectivity index (χ2v) is 6.44. The lowest BCUT2D eigenvalue weighted by Gasteiger charge is -2.11. The molecule has 3 aromatic rings. The highest BCUT2D eigenvalue weighted by molar-refractivity contribution is 9.10. The van der Waals surface area contributed by atoms with E-state index in [4.69, 9.17) is 11.6 Å². The van der Waals surface area contributed by atoms with E-state index in [1.165, 1.54) is 4.70 Å². The van der Waals surface area contributed by atoms with E-state index >= 15 is 0 Å². The van der Waals surface area contributed by atoms with Crippen molar-refractivity contribution in [3.63, 3.8) is 0 Å². The molecule has 96 valence electrons. The van der Waals surface area contributed by atoms with Gasteiger partial charge in [-0.3, -0.25) is 0 Å². The maximum Gasteiger partial charge on any atom is 0.106 e. The van der Waals surface area contributed by atoms with Gasteiger partial charge < -0.3 is 5.11 Å². The van der Waals surface area contributed by atoms with E-state index in [-0.39, 0.29) is 0 Å². The molecule has 1 atom stereocenters. The molecule has 4 heteroatoms. The lowest BCUT2D eigenvalue weighted by atomic mass is 10.0. The number of rotatable bonds is 2. The third-order valence-electron chi connectivity index (χ3n) is 3.06. The summed E-state index contributed by atoms with van der Waals surface area (Å²) in [5.74, 6) is 0. The predicted molar refractivity (Wildman–Crippen MR) is 85.0 cm³/mol. The predicted octanol–water partition coefficient (Wildman–Crippen LogP) is 5.40. The first-order valence-electron chi connectivity index (χ1n) is 5.76. The molecule has 2 aromatic carbocycles. The molecule has 1 unspecified atom stereocenters. The van der Waals surface area contributed by atoms with Gasteiger partial charge in [0.25, 0.3) is 0 Å². The van der Waals surface area contributed by atoms with Gasteiger partial charge in [0.15, 0.2) is 0 Å². The number of fused-ring (bicyclic) bond motifs is 1. The van der Waals surface area contributed by atoms with Crippen molar-refractivity contribution in [2.24, 2.45) is 0 Å². The summed E-state index contributed by atoms with van der Waals surface area (Å²) >= 11 is 11.1. The zero-order valence-corrected chi connectivity index (χ0v) is 13.0. The second-order valence-electron chi connectivity index (χ2n) is 4.26. The van der Waals surface area contributed by atoms with Crippen LogP contribution in [0.4, 0.5) is 0 Å². The summed E-state index contributed by atoms with van der Waals surface area (Å²) in [4.78, 5) is 0. The molecule has 19 heavy (non-hydrogen) atoms. The third-order valence-corrected chi connectivity index (χ3v) is 5.28. The van der Waals surface area contributed by atoms with E-state index in [1.807, 2.05) is 35.7 Å². The largest absolute Gasteiger partial charge is 0.384 e. The number of hydrogen-bond acceptors (Lipinski definition) is 2. The van der Waals surface area contributed by atoms with Gasteiger partial charge in [-0.2, -0.15) is 0 Å². The van der Waals surface area contributed by atoms with Crippen molar-refractivity contribution in [3.05, 3.63) is 68.5 Å². The number of aliphatic hydroxyl groups excluding tert-OH is 1. The van der Waals surface area contributed by atoms with E-state index in [9.17, 15) is 5.11 Å². The molecule has 0 radical (unpaired) electrons. The van der Waals surface area contributed by atoms with Crippen LogP contribution in [-0.2, 0) is 0 Å². The number of aliphatic hydroxyl groups is 1. The van der Waals surface area contributed by atoms with Crippen LogP contribution in [0.1, 0.15) is 17.2 Å². The maximum atomic E-state index is 10.5. The molecule has 1 aromatic heterocycles. The molecule has 0 aliphatic rings. The molecule has 0 saturated heterocycles. The standard InChI is InChI=1S/C15H10BrClOS/c16-12-6-5-9(7-13(12)17)15(18)11-8-19-14-4-2-1-3-10(11)14/h1-8,15,18H. The summed E-state index contributed by atoms with van der Waals surface area (Å²) in [6.45, 7) is 0. The first-order chi connectivity index (χ1) is 9.16. The number of halogens is 2. The Morgan fingerprint density at radius 2 is 1.95 bits per heavy atom. The Morgan fingerprint density at radius 1 is 1.16 bits per heavy atom. The van der Waals surface area contributed by atoms with Crippen LogP contribution in [0.15, 0.2) is 52.3 Å². The summed E-state index contributed by atoms with van der Waals surface area (Å²) in [6, 6.07) is 13.6. The van der Waals surface area contributed by atoms with Crippen LogP contribution in [0.2, 0.25) is 5.02 Å². The highest BCUT2D eigenvalue weighted by Gasteiger charge is 2.15. The quantitative estimate of drug-likeness (QED) is 0.654. The monoisotopic (exact) mass is 352 g/mol. The van der Waals surface area contributed by atoms with Crippen LogP contribution in [0.3, 0.4) is 0 Å². The fourth-order valence-electron chi connectivity index (χ4n) is 2.07. The van der Waals surface area contributed by atoms with E-state index in [1.54, 1.807) is 17.4 Å².